The van der Waals surface area contributed by atoms with Gasteiger partial charge in [-0.2, -0.15) is 5.10 Å². The van der Waals surface area contributed by atoms with E-state index < -0.39 is 5.91 Å². The molecule has 1 aliphatic heterocycles. The van der Waals surface area contributed by atoms with Crippen molar-refractivity contribution in [2.24, 2.45) is 11.7 Å². The average molecular weight is 403 g/mol. The van der Waals surface area contributed by atoms with Crippen LogP contribution < -0.4 is 11.1 Å². The fourth-order valence-electron chi connectivity index (χ4n) is 3.63. The quantitative estimate of drug-likeness (QED) is 0.534. The Kier molecular flexibility index (Phi) is 6.33. The zero-order valence-corrected chi connectivity index (χ0v) is 17.3. The summed E-state index contributed by atoms with van der Waals surface area (Å²) in [5, 5.41) is 8.00. The first-order chi connectivity index (χ1) is 13.4. The van der Waals surface area contributed by atoms with Crippen LogP contribution >= 0.6 is 11.8 Å². The fraction of sp³-hybridized carbons (Fsp3) is 0.526. The molecule has 9 heteroatoms. The number of amides is 2. The van der Waals surface area contributed by atoms with Crippen LogP contribution in [0.15, 0.2) is 11.4 Å². The van der Waals surface area contributed by atoms with E-state index in [4.69, 9.17) is 5.73 Å². The lowest BCUT2D eigenvalue weighted by molar-refractivity contribution is -0.121. The summed E-state index contributed by atoms with van der Waals surface area (Å²) in [7, 11) is 0. The summed E-state index contributed by atoms with van der Waals surface area (Å²) in [4.78, 5) is 32.8. The van der Waals surface area contributed by atoms with Gasteiger partial charge in [0.1, 0.15) is 0 Å². The van der Waals surface area contributed by atoms with E-state index in [1.165, 1.54) is 18.0 Å². The molecule has 2 aromatic heterocycles. The summed E-state index contributed by atoms with van der Waals surface area (Å²) in [6.07, 6.45) is 6.12. The zero-order chi connectivity index (χ0) is 20.3. The largest absolute Gasteiger partial charge is 0.365 e. The van der Waals surface area contributed by atoms with Crippen LogP contribution in [-0.2, 0) is 24.2 Å². The predicted octanol–water partition coefficient (Wildman–Crippen LogP) is 1.42. The van der Waals surface area contributed by atoms with Crippen LogP contribution in [-0.4, -0.2) is 44.4 Å². The highest BCUT2D eigenvalue weighted by molar-refractivity contribution is 7.98. The molecule has 3 heterocycles. The van der Waals surface area contributed by atoms with Crippen LogP contribution in [0.5, 0.6) is 0 Å². The van der Waals surface area contributed by atoms with Crippen molar-refractivity contribution in [2.75, 3.05) is 12.8 Å². The van der Waals surface area contributed by atoms with Gasteiger partial charge in [-0.05, 0) is 50.8 Å². The summed E-state index contributed by atoms with van der Waals surface area (Å²) < 4.78 is 1.84. The number of aromatic nitrogens is 4. The van der Waals surface area contributed by atoms with Crippen LogP contribution in [0.4, 0.5) is 0 Å². The number of carbonyl (C=O) groups is 2. The second-order valence-electron chi connectivity index (χ2n) is 7.11. The smallest absolute Gasteiger partial charge is 0.252 e. The Morgan fingerprint density at radius 3 is 2.68 bits per heavy atom. The number of nitrogens with zero attached hydrogens (tertiary/aromatic N) is 4. The van der Waals surface area contributed by atoms with Gasteiger partial charge in [0, 0.05) is 30.9 Å². The van der Waals surface area contributed by atoms with Crippen LogP contribution in [0.1, 0.15) is 45.8 Å². The van der Waals surface area contributed by atoms with Gasteiger partial charge in [0.2, 0.25) is 5.91 Å². The first-order valence-electron chi connectivity index (χ1n) is 9.38. The number of rotatable bonds is 7. The summed E-state index contributed by atoms with van der Waals surface area (Å²) in [5.74, 6) is -0.160. The second-order valence-corrected chi connectivity index (χ2v) is 7.89. The molecular weight excluding hydrogens is 376 g/mol. The molecule has 1 aliphatic rings. The average Bonchev–Trinajstić information content (AvgIpc) is 3.09. The summed E-state index contributed by atoms with van der Waals surface area (Å²) >= 11 is 1.52. The minimum absolute atomic E-state index is 0.0157. The third-order valence-corrected chi connectivity index (χ3v) is 5.77. The number of carbonyl (C=O) groups excluding carboxylic acids is 2. The van der Waals surface area contributed by atoms with Crippen molar-refractivity contribution in [1.82, 2.24) is 25.1 Å². The van der Waals surface area contributed by atoms with E-state index in [0.29, 0.717) is 31.4 Å². The molecule has 1 atom stereocenters. The molecule has 0 radical (unpaired) electrons. The summed E-state index contributed by atoms with van der Waals surface area (Å²) in [5.41, 5.74) is 9.68. The third kappa shape index (κ3) is 4.52. The van der Waals surface area contributed by atoms with Crippen molar-refractivity contribution in [3.05, 3.63) is 34.4 Å². The minimum Gasteiger partial charge on any atom is -0.365 e. The molecule has 0 unspecified atom stereocenters. The molecule has 3 N–H and O–H groups in total. The van der Waals surface area contributed by atoms with Crippen molar-refractivity contribution >= 4 is 23.6 Å². The Balaban J connectivity index is 1.51. The molecule has 0 saturated carbocycles. The third-order valence-electron chi connectivity index (χ3n) is 5.22. The van der Waals surface area contributed by atoms with Gasteiger partial charge in [0.25, 0.3) is 5.91 Å². The maximum atomic E-state index is 12.3. The first kappa shape index (κ1) is 20.3. The van der Waals surface area contributed by atoms with Crippen molar-refractivity contribution < 1.29 is 9.59 Å². The fourth-order valence-corrected chi connectivity index (χ4v) is 4.08. The molecular formula is C19H26N6O2S. The van der Waals surface area contributed by atoms with Crippen LogP contribution in [0.2, 0.25) is 0 Å². The van der Waals surface area contributed by atoms with Crippen LogP contribution in [0.3, 0.4) is 0 Å². The molecule has 2 aromatic rings. The number of nitrogens with one attached hydrogen (secondary N) is 1. The van der Waals surface area contributed by atoms with E-state index in [-0.39, 0.29) is 11.8 Å². The topological polar surface area (TPSA) is 116 Å². The van der Waals surface area contributed by atoms with E-state index in [1.807, 2.05) is 24.8 Å². The molecule has 3 rings (SSSR count). The normalized spacial score (nSPS) is 15.9. The van der Waals surface area contributed by atoms with Gasteiger partial charge >= 0.3 is 0 Å². The molecule has 0 saturated heterocycles. The van der Waals surface area contributed by atoms with Gasteiger partial charge in [-0.15, -0.1) is 0 Å². The number of primary amides is 1. The number of fused-ring (bicyclic) bond motifs is 1. The summed E-state index contributed by atoms with van der Waals surface area (Å²) in [6, 6.07) is 0. The SMILES string of the molecule is CSc1nc(C)c(CCC(=O)NC[C@@H]2CCn3ncc(C(N)=O)c3C2)c(C)n1. The van der Waals surface area contributed by atoms with E-state index in [2.05, 4.69) is 20.4 Å². The monoisotopic (exact) mass is 402 g/mol. The molecule has 0 spiro atoms. The maximum absolute atomic E-state index is 12.3. The minimum atomic E-state index is -0.452. The highest BCUT2D eigenvalue weighted by atomic mass is 32.2. The summed E-state index contributed by atoms with van der Waals surface area (Å²) in [6.45, 7) is 5.25. The number of hydrogen-bond donors (Lipinski definition) is 2. The van der Waals surface area contributed by atoms with E-state index in [9.17, 15) is 9.59 Å². The van der Waals surface area contributed by atoms with E-state index in [0.717, 1.165) is 40.8 Å². The van der Waals surface area contributed by atoms with Gasteiger partial charge in [-0.25, -0.2) is 9.97 Å². The Morgan fingerprint density at radius 1 is 1.32 bits per heavy atom. The molecule has 2 amide bonds. The zero-order valence-electron chi connectivity index (χ0n) is 16.5. The lowest BCUT2D eigenvalue weighted by atomic mass is 9.94. The van der Waals surface area contributed by atoms with Crippen molar-refractivity contribution in [3.8, 4) is 0 Å². The van der Waals surface area contributed by atoms with Crippen molar-refractivity contribution in [1.29, 1.82) is 0 Å². The molecule has 28 heavy (non-hydrogen) atoms. The molecule has 0 fully saturated rings. The molecule has 0 aliphatic carbocycles. The lowest BCUT2D eigenvalue weighted by Crippen LogP contribution is -2.34. The highest BCUT2D eigenvalue weighted by Gasteiger charge is 2.24. The Bertz CT molecular complexity index is 872. The predicted molar refractivity (Wildman–Crippen MR) is 107 cm³/mol. The van der Waals surface area contributed by atoms with E-state index in [1.54, 1.807) is 0 Å². The number of hydrogen-bond acceptors (Lipinski definition) is 6. The van der Waals surface area contributed by atoms with Gasteiger partial charge in [-0.1, -0.05) is 11.8 Å². The van der Waals surface area contributed by atoms with Crippen molar-refractivity contribution in [3.63, 3.8) is 0 Å². The van der Waals surface area contributed by atoms with Gasteiger partial charge in [0.05, 0.1) is 17.5 Å². The molecule has 150 valence electrons. The molecule has 0 aromatic carbocycles. The van der Waals surface area contributed by atoms with Crippen molar-refractivity contribution in [2.45, 2.75) is 51.2 Å². The Morgan fingerprint density at radius 2 is 2.04 bits per heavy atom. The van der Waals surface area contributed by atoms with Crippen LogP contribution in [0, 0.1) is 19.8 Å². The first-order valence-corrected chi connectivity index (χ1v) is 10.6. The molecule has 0 bridgehead atoms. The van der Waals surface area contributed by atoms with Gasteiger partial charge in [-0.3, -0.25) is 14.3 Å². The lowest BCUT2D eigenvalue weighted by Gasteiger charge is -2.24. The standard InChI is InChI=1S/C19H26N6O2S/c1-11-14(12(2)24-19(23-11)28-3)4-5-17(26)21-9-13-6-7-25-16(8-13)15(10-22-25)18(20)27/h10,13H,4-9H2,1-3H3,(H2,20,27)(H,21,26)/t13-/m1/s1. The Labute approximate surface area is 168 Å². The van der Waals surface area contributed by atoms with E-state index >= 15 is 0 Å². The molecule has 8 nitrogen and oxygen atoms in total. The van der Waals surface area contributed by atoms with Gasteiger partial charge < -0.3 is 11.1 Å². The van der Waals surface area contributed by atoms with Gasteiger partial charge in [0.15, 0.2) is 5.16 Å². The number of nitrogens with two attached hydrogens (primary N) is 1. The number of aryl methyl sites for hydroxylation is 3. The van der Waals surface area contributed by atoms with Crippen LogP contribution in [0.25, 0.3) is 0 Å². The highest BCUT2D eigenvalue weighted by Crippen LogP contribution is 2.22. The Hall–Kier alpha value is -2.42. The second kappa shape index (κ2) is 8.72. The maximum Gasteiger partial charge on any atom is 0.252 e. The number of thioether (sulfide) groups is 1.